The highest BCUT2D eigenvalue weighted by molar-refractivity contribution is 7.91. The minimum absolute atomic E-state index is 0.0915. The maximum Gasteiger partial charge on any atom is 0.170 e. The largest absolute Gasteiger partial charge is 0.409 e. The Labute approximate surface area is 125 Å². The van der Waals surface area contributed by atoms with Gasteiger partial charge < -0.3 is 16.3 Å². The van der Waals surface area contributed by atoms with Gasteiger partial charge in [-0.2, -0.15) is 0 Å². The summed E-state index contributed by atoms with van der Waals surface area (Å²) < 4.78 is 22.8. The molecule has 0 amide bonds. The van der Waals surface area contributed by atoms with E-state index in [2.05, 4.69) is 10.5 Å². The van der Waals surface area contributed by atoms with Gasteiger partial charge in [-0.1, -0.05) is 17.3 Å². The smallest absolute Gasteiger partial charge is 0.170 e. The van der Waals surface area contributed by atoms with Crippen LogP contribution in [-0.4, -0.2) is 37.5 Å². The zero-order valence-corrected chi connectivity index (χ0v) is 12.9. The highest BCUT2D eigenvalue weighted by atomic mass is 32.2. The minimum Gasteiger partial charge on any atom is -0.409 e. The quantitative estimate of drug-likeness (QED) is 0.320. The van der Waals surface area contributed by atoms with E-state index < -0.39 is 9.84 Å². The molecule has 0 bridgehead atoms. The Morgan fingerprint density at radius 1 is 1.52 bits per heavy atom. The van der Waals surface area contributed by atoms with Gasteiger partial charge in [0.1, 0.15) is 0 Å². The van der Waals surface area contributed by atoms with Crippen LogP contribution in [0.2, 0.25) is 0 Å². The Kier molecular flexibility index (Phi) is 4.84. The first-order valence-corrected chi connectivity index (χ1v) is 8.72. The second-order valence-electron chi connectivity index (χ2n) is 5.53. The van der Waals surface area contributed by atoms with Gasteiger partial charge in [-0.25, -0.2) is 8.42 Å². The lowest BCUT2D eigenvalue weighted by Crippen LogP contribution is -2.23. The molecule has 21 heavy (non-hydrogen) atoms. The Hall–Kier alpha value is -1.60. The molecule has 1 unspecified atom stereocenters. The third-order valence-corrected chi connectivity index (χ3v) is 5.66. The number of hydrogen-bond acceptors (Lipinski definition) is 5. The van der Waals surface area contributed by atoms with Crippen LogP contribution in [0.25, 0.3) is 0 Å². The number of sulfone groups is 1. The molecule has 1 aromatic rings. The van der Waals surface area contributed by atoms with Gasteiger partial charge >= 0.3 is 0 Å². The van der Waals surface area contributed by atoms with Crippen molar-refractivity contribution in [2.75, 3.05) is 18.1 Å². The van der Waals surface area contributed by atoms with Crippen LogP contribution in [0.3, 0.4) is 0 Å². The summed E-state index contributed by atoms with van der Waals surface area (Å²) >= 11 is 0. The summed E-state index contributed by atoms with van der Waals surface area (Å²) in [5.41, 5.74) is 8.39. The van der Waals surface area contributed by atoms with Gasteiger partial charge in [0, 0.05) is 12.1 Å². The van der Waals surface area contributed by atoms with Crippen molar-refractivity contribution in [1.29, 1.82) is 0 Å². The maximum atomic E-state index is 11.4. The normalized spacial score (nSPS) is 21.6. The number of nitrogens with zero attached hydrogens (tertiary/aromatic N) is 1. The molecule has 0 radical (unpaired) electrons. The molecule has 2 rings (SSSR count). The van der Waals surface area contributed by atoms with Crippen LogP contribution in [-0.2, 0) is 16.4 Å². The van der Waals surface area contributed by atoms with Crippen molar-refractivity contribution in [3.8, 4) is 0 Å². The summed E-state index contributed by atoms with van der Waals surface area (Å²) in [7, 11) is -2.81. The molecule has 6 nitrogen and oxygen atoms in total. The molecule has 0 spiro atoms. The molecule has 1 aromatic carbocycles. The number of hydrogen-bond donors (Lipinski definition) is 3. The van der Waals surface area contributed by atoms with Crippen molar-refractivity contribution >= 4 is 15.7 Å². The van der Waals surface area contributed by atoms with Crippen LogP contribution < -0.4 is 11.1 Å². The molecule has 0 aliphatic carbocycles. The standard InChI is InChI=1S/C14H21N3O3S/c1-10-6-12(14(15)17-18)2-3-13(10)8-16-7-11-4-5-21(19,20)9-11/h2-3,6,11,16,18H,4-5,7-9H2,1H3,(H2,15,17). The predicted molar refractivity (Wildman–Crippen MR) is 82.2 cm³/mol. The van der Waals surface area contributed by atoms with Crippen LogP contribution in [0, 0.1) is 12.8 Å². The van der Waals surface area contributed by atoms with Gasteiger partial charge in [-0.3, -0.25) is 0 Å². The fraction of sp³-hybridized carbons (Fsp3) is 0.500. The van der Waals surface area contributed by atoms with E-state index >= 15 is 0 Å². The number of nitrogens with one attached hydrogen (secondary N) is 1. The molecule has 0 saturated carbocycles. The number of rotatable bonds is 5. The highest BCUT2D eigenvalue weighted by Crippen LogP contribution is 2.18. The highest BCUT2D eigenvalue weighted by Gasteiger charge is 2.27. The van der Waals surface area contributed by atoms with Crippen molar-refractivity contribution in [2.24, 2.45) is 16.8 Å². The van der Waals surface area contributed by atoms with Crippen molar-refractivity contribution in [3.63, 3.8) is 0 Å². The topological polar surface area (TPSA) is 105 Å². The Balaban J connectivity index is 1.89. The Morgan fingerprint density at radius 2 is 2.29 bits per heavy atom. The minimum atomic E-state index is -2.81. The van der Waals surface area contributed by atoms with E-state index in [4.69, 9.17) is 10.9 Å². The zero-order chi connectivity index (χ0) is 15.5. The third kappa shape index (κ3) is 4.18. The number of amidine groups is 1. The molecular weight excluding hydrogens is 290 g/mol. The first-order chi connectivity index (χ1) is 9.91. The van der Waals surface area contributed by atoms with Gasteiger partial charge in [-0.15, -0.1) is 0 Å². The summed E-state index contributed by atoms with van der Waals surface area (Å²) in [5.74, 6) is 0.911. The SMILES string of the molecule is Cc1cc(/C(N)=N/O)ccc1CNCC1CCS(=O)(=O)C1. The number of aryl methyl sites for hydroxylation is 1. The molecule has 1 saturated heterocycles. The number of nitrogens with two attached hydrogens (primary N) is 1. The van der Waals surface area contributed by atoms with E-state index in [9.17, 15) is 8.42 Å². The Bertz CT molecular complexity index is 641. The van der Waals surface area contributed by atoms with Crippen molar-refractivity contribution in [2.45, 2.75) is 19.9 Å². The first kappa shape index (κ1) is 15.8. The first-order valence-electron chi connectivity index (χ1n) is 6.90. The lowest BCUT2D eigenvalue weighted by molar-refractivity contribution is 0.318. The molecule has 1 aliphatic rings. The summed E-state index contributed by atoms with van der Waals surface area (Å²) in [4.78, 5) is 0. The number of benzene rings is 1. The van der Waals surface area contributed by atoms with Crippen molar-refractivity contribution in [3.05, 3.63) is 34.9 Å². The van der Waals surface area contributed by atoms with Gasteiger partial charge in [0.2, 0.25) is 0 Å². The third-order valence-electron chi connectivity index (χ3n) is 3.82. The molecule has 1 heterocycles. The molecule has 1 atom stereocenters. The average molecular weight is 311 g/mol. The van der Waals surface area contributed by atoms with E-state index in [0.29, 0.717) is 30.2 Å². The lowest BCUT2D eigenvalue weighted by atomic mass is 10.0. The van der Waals surface area contributed by atoms with E-state index in [-0.39, 0.29) is 11.8 Å². The van der Waals surface area contributed by atoms with Gasteiger partial charge in [0.05, 0.1) is 11.5 Å². The molecule has 4 N–H and O–H groups in total. The van der Waals surface area contributed by atoms with Crippen LogP contribution in [0.1, 0.15) is 23.1 Å². The van der Waals surface area contributed by atoms with Crippen LogP contribution >= 0.6 is 0 Å². The van der Waals surface area contributed by atoms with Gasteiger partial charge in [0.15, 0.2) is 15.7 Å². The summed E-state index contributed by atoms with van der Waals surface area (Å²) in [6.45, 7) is 3.35. The molecule has 1 fully saturated rings. The van der Waals surface area contributed by atoms with Crippen LogP contribution in [0.5, 0.6) is 0 Å². The summed E-state index contributed by atoms with van der Waals surface area (Å²) in [6.07, 6.45) is 0.747. The lowest BCUT2D eigenvalue weighted by Gasteiger charge is -2.12. The maximum absolute atomic E-state index is 11.4. The van der Waals surface area contributed by atoms with Crippen LogP contribution in [0.15, 0.2) is 23.4 Å². The fourth-order valence-electron chi connectivity index (χ4n) is 2.56. The molecule has 0 aromatic heterocycles. The Morgan fingerprint density at radius 3 is 2.86 bits per heavy atom. The van der Waals surface area contributed by atoms with Gasteiger partial charge in [0.25, 0.3) is 0 Å². The van der Waals surface area contributed by atoms with Crippen LogP contribution in [0.4, 0.5) is 0 Å². The summed E-state index contributed by atoms with van der Waals surface area (Å²) in [5, 5.41) is 14.9. The zero-order valence-electron chi connectivity index (χ0n) is 12.0. The second-order valence-corrected chi connectivity index (χ2v) is 7.76. The van der Waals surface area contributed by atoms with E-state index in [1.54, 1.807) is 6.07 Å². The molecule has 7 heteroatoms. The van der Waals surface area contributed by atoms with E-state index in [1.807, 2.05) is 19.1 Å². The van der Waals surface area contributed by atoms with E-state index in [1.165, 1.54) is 0 Å². The fourth-order valence-corrected chi connectivity index (χ4v) is 4.42. The monoisotopic (exact) mass is 311 g/mol. The predicted octanol–water partition coefficient (Wildman–Crippen LogP) is 0.614. The second kappa shape index (κ2) is 6.44. The molecular formula is C14H21N3O3S. The van der Waals surface area contributed by atoms with Crippen molar-refractivity contribution < 1.29 is 13.6 Å². The van der Waals surface area contributed by atoms with Gasteiger partial charge in [-0.05, 0) is 43.0 Å². The average Bonchev–Trinajstić information content (AvgIpc) is 2.79. The molecule has 116 valence electrons. The van der Waals surface area contributed by atoms with Crippen molar-refractivity contribution in [1.82, 2.24) is 5.32 Å². The molecule has 1 aliphatic heterocycles. The van der Waals surface area contributed by atoms with E-state index in [0.717, 1.165) is 17.5 Å². The summed E-state index contributed by atoms with van der Waals surface area (Å²) in [6, 6.07) is 5.60. The number of oxime groups is 1.